The number of aromatic nitrogens is 2. The molecule has 0 aliphatic carbocycles. The molecule has 112 valence electrons. The predicted octanol–water partition coefficient (Wildman–Crippen LogP) is -0.948. The Hall–Kier alpha value is -1.48. The van der Waals surface area contributed by atoms with E-state index in [4.69, 9.17) is 14.2 Å². The highest BCUT2D eigenvalue weighted by Gasteiger charge is 2.54. The van der Waals surface area contributed by atoms with Crippen LogP contribution in [0.3, 0.4) is 0 Å². The molecule has 1 fully saturated rings. The average molecular weight is 286 g/mol. The minimum atomic E-state index is -1.25. The summed E-state index contributed by atoms with van der Waals surface area (Å²) < 4.78 is 17.6. The summed E-state index contributed by atoms with van der Waals surface area (Å²) in [7, 11) is 2.90. The normalized spacial score (nSPS) is 33.5. The van der Waals surface area contributed by atoms with Gasteiger partial charge in [-0.3, -0.25) is 14.3 Å². The van der Waals surface area contributed by atoms with E-state index in [2.05, 4.69) is 4.98 Å². The van der Waals surface area contributed by atoms with Gasteiger partial charge in [-0.2, -0.15) is 0 Å². The Morgan fingerprint density at radius 2 is 2.20 bits per heavy atom. The molecule has 8 nitrogen and oxygen atoms in total. The first kappa shape index (κ1) is 14.9. The van der Waals surface area contributed by atoms with Crippen molar-refractivity contribution >= 4 is 0 Å². The molecule has 2 heterocycles. The van der Waals surface area contributed by atoms with E-state index in [0.717, 1.165) is 0 Å². The zero-order chi connectivity index (χ0) is 14.9. The van der Waals surface area contributed by atoms with Crippen molar-refractivity contribution in [1.29, 1.82) is 0 Å². The number of methoxy groups -OCH3 is 2. The monoisotopic (exact) mass is 286 g/mol. The Morgan fingerprint density at radius 3 is 2.70 bits per heavy atom. The fraction of sp³-hybridized carbons (Fsp3) is 0.667. The summed E-state index contributed by atoms with van der Waals surface area (Å²) >= 11 is 0. The summed E-state index contributed by atoms with van der Waals surface area (Å²) in [6, 6.07) is 1.22. The first-order chi connectivity index (χ1) is 9.49. The molecule has 0 radical (unpaired) electrons. The number of ether oxygens (including phenoxy) is 3. The fourth-order valence-electron chi connectivity index (χ4n) is 2.52. The third-order valence-electron chi connectivity index (χ3n) is 3.75. The van der Waals surface area contributed by atoms with Crippen molar-refractivity contribution in [3.05, 3.63) is 33.1 Å². The zero-order valence-electron chi connectivity index (χ0n) is 11.5. The molecule has 0 spiro atoms. The number of nitrogens with zero attached hydrogens (tertiary/aromatic N) is 1. The first-order valence-corrected chi connectivity index (χ1v) is 6.17. The molecule has 0 saturated carbocycles. The minimum Gasteiger partial charge on any atom is -0.391 e. The fourth-order valence-corrected chi connectivity index (χ4v) is 2.52. The van der Waals surface area contributed by atoms with Crippen LogP contribution in [-0.4, -0.2) is 47.4 Å². The van der Waals surface area contributed by atoms with Gasteiger partial charge in [-0.1, -0.05) is 6.92 Å². The Morgan fingerprint density at radius 1 is 1.50 bits per heavy atom. The van der Waals surface area contributed by atoms with Crippen LogP contribution < -0.4 is 11.2 Å². The van der Waals surface area contributed by atoms with E-state index in [1.807, 2.05) is 0 Å². The van der Waals surface area contributed by atoms with Gasteiger partial charge in [-0.25, -0.2) is 4.79 Å². The molecule has 1 aliphatic heterocycles. The highest BCUT2D eigenvalue weighted by atomic mass is 16.7. The van der Waals surface area contributed by atoms with Crippen LogP contribution in [0.15, 0.2) is 21.9 Å². The topological polar surface area (TPSA) is 103 Å². The molecule has 1 aromatic rings. The molecule has 0 bridgehead atoms. The highest BCUT2D eigenvalue weighted by molar-refractivity contribution is 4.95. The van der Waals surface area contributed by atoms with Crippen LogP contribution in [0.25, 0.3) is 0 Å². The quantitative estimate of drug-likeness (QED) is 0.740. The Bertz CT molecular complexity index is 576. The summed E-state index contributed by atoms with van der Waals surface area (Å²) in [5, 5.41) is 9.53. The van der Waals surface area contributed by atoms with Crippen LogP contribution in [0, 0.1) is 5.92 Å². The molecular formula is C12H18N2O6. The molecule has 0 aromatic carbocycles. The summed E-state index contributed by atoms with van der Waals surface area (Å²) in [6.45, 7) is 1.42. The number of hydrogen-bond acceptors (Lipinski definition) is 6. The second kappa shape index (κ2) is 5.49. The maximum atomic E-state index is 11.9. The van der Waals surface area contributed by atoms with Crippen molar-refractivity contribution in [2.75, 3.05) is 20.8 Å². The zero-order valence-corrected chi connectivity index (χ0v) is 11.5. The van der Waals surface area contributed by atoms with Crippen molar-refractivity contribution in [3.8, 4) is 0 Å². The number of aliphatic hydroxyl groups excluding tert-OH is 1. The third-order valence-corrected chi connectivity index (χ3v) is 3.75. The maximum absolute atomic E-state index is 11.9. The summed E-state index contributed by atoms with van der Waals surface area (Å²) in [5.74, 6) is -1.56. The number of nitrogens with one attached hydrogen (secondary N) is 1. The van der Waals surface area contributed by atoms with Crippen LogP contribution in [0.5, 0.6) is 0 Å². The molecule has 1 aliphatic rings. The van der Waals surface area contributed by atoms with Gasteiger partial charge in [0.2, 0.25) is 0 Å². The highest BCUT2D eigenvalue weighted by Crippen LogP contribution is 2.42. The van der Waals surface area contributed by atoms with Crippen LogP contribution in [0.4, 0.5) is 0 Å². The Kier molecular flexibility index (Phi) is 4.09. The predicted molar refractivity (Wildman–Crippen MR) is 68.2 cm³/mol. The summed E-state index contributed by atoms with van der Waals surface area (Å²) in [5.41, 5.74) is -1.10. The van der Waals surface area contributed by atoms with Gasteiger partial charge in [0.15, 0.2) is 12.0 Å². The van der Waals surface area contributed by atoms with E-state index >= 15 is 0 Å². The number of hydrogen-bond donors (Lipinski definition) is 2. The largest absolute Gasteiger partial charge is 0.391 e. The molecular weight excluding hydrogens is 268 g/mol. The molecule has 8 heteroatoms. The van der Waals surface area contributed by atoms with E-state index in [-0.39, 0.29) is 12.5 Å². The lowest BCUT2D eigenvalue weighted by Crippen LogP contribution is -2.42. The molecule has 0 amide bonds. The van der Waals surface area contributed by atoms with Crippen molar-refractivity contribution in [2.24, 2.45) is 5.92 Å². The van der Waals surface area contributed by atoms with Crippen LogP contribution in [0.1, 0.15) is 13.2 Å². The molecule has 20 heavy (non-hydrogen) atoms. The maximum Gasteiger partial charge on any atom is 0.330 e. The second-order valence-electron chi connectivity index (χ2n) is 4.69. The van der Waals surface area contributed by atoms with Crippen molar-refractivity contribution in [2.45, 2.75) is 25.0 Å². The van der Waals surface area contributed by atoms with E-state index < -0.39 is 29.4 Å². The van der Waals surface area contributed by atoms with Crippen molar-refractivity contribution in [3.63, 3.8) is 0 Å². The SMILES string of the molecule is CO[C@H]1[C@H](n2ccc(=O)[nH]c2=O)O[C@@](CO)(OC)[C@H]1C. The van der Waals surface area contributed by atoms with E-state index in [1.54, 1.807) is 6.92 Å². The van der Waals surface area contributed by atoms with Gasteiger partial charge in [0, 0.05) is 32.4 Å². The Labute approximate surface area is 114 Å². The molecule has 1 aromatic heterocycles. The number of rotatable bonds is 4. The molecule has 2 rings (SSSR count). The van der Waals surface area contributed by atoms with Gasteiger partial charge in [0.05, 0.1) is 6.61 Å². The summed E-state index contributed by atoms with van der Waals surface area (Å²) in [4.78, 5) is 25.1. The average Bonchev–Trinajstić information content (AvgIpc) is 2.71. The standard InChI is InChI=1S/C12H18N2O6/c1-7-9(18-2)10(20-12(7,6-15)19-3)14-5-4-8(16)13-11(14)17/h4-5,7,9-10,15H,6H2,1-3H3,(H,13,16,17)/t7-,9+,10+,12+/m0/s1. The van der Waals surface area contributed by atoms with Crippen molar-refractivity contribution in [1.82, 2.24) is 9.55 Å². The second-order valence-corrected chi connectivity index (χ2v) is 4.69. The van der Waals surface area contributed by atoms with Gasteiger partial charge in [0.1, 0.15) is 6.10 Å². The third kappa shape index (κ3) is 2.20. The smallest absolute Gasteiger partial charge is 0.330 e. The Balaban J connectivity index is 2.46. The van der Waals surface area contributed by atoms with Gasteiger partial charge < -0.3 is 19.3 Å². The first-order valence-electron chi connectivity index (χ1n) is 6.17. The van der Waals surface area contributed by atoms with Crippen LogP contribution in [0.2, 0.25) is 0 Å². The van der Waals surface area contributed by atoms with Crippen LogP contribution in [-0.2, 0) is 14.2 Å². The van der Waals surface area contributed by atoms with Crippen LogP contribution >= 0.6 is 0 Å². The van der Waals surface area contributed by atoms with E-state index in [1.165, 1.54) is 31.0 Å². The number of H-pyrrole nitrogens is 1. The van der Waals surface area contributed by atoms with E-state index in [9.17, 15) is 14.7 Å². The van der Waals surface area contributed by atoms with E-state index in [0.29, 0.717) is 0 Å². The van der Waals surface area contributed by atoms with Gasteiger partial charge in [-0.15, -0.1) is 0 Å². The van der Waals surface area contributed by atoms with Gasteiger partial charge >= 0.3 is 5.69 Å². The number of aliphatic hydroxyl groups is 1. The lowest BCUT2D eigenvalue weighted by Gasteiger charge is -2.29. The van der Waals surface area contributed by atoms with Gasteiger partial charge in [-0.05, 0) is 0 Å². The molecule has 2 N–H and O–H groups in total. The molecule has 1 saturated heterocycles. The van der Waals surface area contributed by atoms with Crippen molar-refractivity contribution < 1.29 is 19.3 Å². The lowest BCUT2D eigenvalue weighted by molar-refractivity contribution is -0.257. The number of aromatic amines is 1. The molecule has 0 unspecified atom stereocenters. The minimum absolute atomic E-state index is 0.314. The lowest BCUT2D eigenvalue weighted by atomic mass is 9.97. The van der Waals surface area contributed by atoms with Gasteiger partial charge in [0.25, 0.3) is 5.56 Å². The summed E-state index contributed by atoms with van der Waals surface area (Å²) in [6.07, 6.45) is 0.0189. The molecule has 4 atom stereocenters.